The van der Waals surface area contributed by atoms with E-state index in [-0.39, 0.29) is 0 Å². The fourth-order valence-corrected chi connectivity index (χ4v) is 2.68. The molecule has 0 radical (unpaired) electrons. The number of hydrogen-bond donors (Lipinski definition) is 1. The number of benzene rings is 1. The standard InChI is InChI=1S/C15H20N4/c1-18-12-17-9-14(18)11-19-8-7-16-10-15(19)13-5-3-2-4-6-13/h2-6,9,12,15-16H,7-8,10-11H2,1H3. The first-order valence-electron chi connectivity index (χ1n) is 6.79. The molecule has 100 valence electrons. The molecule has 1 saturated heterocycles. The van der Waals surface area contributed by atoms with Crippen LogP contribution in [0.25, 0.3) is 0 Å². The maximum atomic E-state index is 4.21. The van der Waals surface area contributed by atoms with E-state index < -0.39 is 0 Å². The Bertz CT molecular complexity index is 520. The molecule has 0 spiro atoms. The second kappa shape index (κ2) is 5.55. The SMILES string of the molecule is Cn1cncc1CN1CCNCC1c1ccccc1. The average Bonchev–Trinajstić information content (AvgIpc) is 2.86. The van der Waals surface area contributed by atoms with Gasteiger partial charge in [-0.15, -0.1) is 0 Å². The van der Waals surface area contributed by atoms with Gasteiger partial charge in [-0.05, 0) is 5.56 Å². The van der Waals surface area contributed by atoms with Gasteiger partial charge >= 0.3 is 0 Å². The van der Waals surface area contributed by atoms with E-state index in [2.05, 4.69) is 57.1 Å². The molecule has 2 aromatic rings. The summed E-state index contributed by atoms with van der Waals surface area (Å²) in [5.41, 5.74) is 2.65. The van der Waals surface area contributed by atoms with Gasteiger partial charge in [0.25, 0.3) is 0 Å². The molecular weight excluding hydrogens is 236 g/mol. The number of rotatable bonds is 3. The summed E-state index contributed by atoms with van der Waals surface area (Å²) in [6.07, 6.45) is 3.83. The Morgan fingerprint density at radius 1 is 1.32 bits per heavy atom. The van der Waals surface area contributed by atoms with Crippen LogP contribution < -0.4 is 5.32 Å². The van der Waals surface area contributed by atoms with Crippen molar-refractivity contribution in [2.75, 3.05) is 19.6 Å². The zero-order valence-electron chi connectivity index (χ0n) is 11.3. The second-order valence-electron chi connectivity index (χ2n) is 5.10. The van der Waals surface area contributed by atoms with Gasteiger partial charge in [0, 0.05) is 45.5 Å². The fraction of sp³-hybridized carbons (Fsp3) is 0.400. The van der Waals surface area contributed by atoms with Gasteiger partial charge in [0.2, 0.25) is 0 Å². The van der Waals surface area contributed by atoms with E-state index in [9.17, 15) is 0 Å². The summed E-state index contributed by atoms with van der Waals surface area (Å²) in [4.78, 5) is 6.74. The minimum absolute atomic E-state index is 0.449. The van der Waals surface area contributed by atoms with Gasteiger partial charge in [-0.1, -0.05) is 30.3 Å². The van der Waals surface area contributed by atoms with Crippen LogP contribution in [-0.2, 0) is 13.6 Å². The predicted octanol–water partition coefficient (Wildman–Crippen LogP) is 1.57. The predicted molar refractivity (Wildman–Crippen MR) is 75.7 cm³/mol. The average molecular weight is 256 g/mol. The maximum absolute atomic E-state index is 4.21. The minimum atomic E-state index is 0.449. The third-order valence-corrected chi connectivity index (χ3v) is 3.82. The number of nitrogens with zero attached hydrogens (tertiary/aromatic N) is 3. The molecule has 1 atom stereocenters. The molecule has 0 amide bonds. The van der Waals surface area contributed by atoms with Crippen LogP contribution in [0.4, 0.5) is 0 Å². The molecule has 1 unspecified atom stereocenters. The van der Waals surface area contributed by atoms with E-state index in [1.807, 2.05) is 12.5 Å². The van der Waals surface area contributed by atoms with Crippen molar-refractivity contribution in [1.82, 2.24) is 19.8 Å². The summed E-state index contributed by atoms with van der Waals surface area (Å²) in [6.45, 7) is 4.10. The molecule has 1 aliphatic heterocycles. The van der Waals surface area contributed by atoms with Crippen molar-refractivity contribution in [3.8, 4) is 0 Å². The molecule has 4 heteroatoms. The van der Waals surface area contributed by atoms with Crippen LogP contribution in [0.3, 0.4) is 0 Å². The molecule has 1 aromatic carbocycles. The highest BCUT2D eigenvalue weighted by atomic mass is 15.2. The van der Waals surface area contributed by atoms with Crippen LogP contribution in [0.1, 0.15) is 17.3 Å². The third kappa shape index (κ3) is 2.69. The van der Waals surface area contributed by atoms with Crippen molar-refractivity contribution in [3.63, 3.8) is 0 Å². The van der Waals surface area contributed by atoms with E-state index in [1.165, 1.54) is 11.3 Å². The van der Waals surface area contributed by atoms with Crippen LogP contribution in [0.5, 0.6) is 0 Å². The first-order chi connectivity index (χ1) is 9.34. The summed E-state index contributed by atoms with van der Waals surface area (Å²) in [7, 11) is 2.06. The molecule has 0 aliphatic carbocycles. The summed E-state index contributed by atoms with van der Waals surface area (Å²) in [6, 6.07) is 11.2. The van der Waals surface area contributed by atoms with Crippen molar-refractivity contribution in [2.45, 2.75) is 12.6 Å². The fourth-order valence-electron chi connectivity index (χ4n) is 2.68. The van der Waals surface area contributed by atoms with Crippen LogP contribution in [0.2, 0.25) is 0 Å². The number of aryl methyl sites for hydroxylation is 1. The minimum Gasteiger partial charge on any atom is -0.337 e. The van der Waals surface area contributed by atoms with Gasteiger partial charge in [-0.25, -0.2) is 4.98 Å². The van der Waals surface area contributed by atoms with Gasteiger partial charge in [0.05, 0.1) is 12.0 Å². The Morgan fingerprint density at radius 3 is 2.89 bits per heavy atom. The highest BCUT2D eigenvalue weighted by Gasteiger charge is 2.24. The smallest absolute Gasteiger partial charge is 0.0945 e. The molecule has 1 fully saturated rings. The zero-order valence-corrected chi connectivity index (χ0v) is 11.3. The Balaban J connectivity index is 1.80. The van der Waals surface area contributed by atoms with Crippen molar-refractivity contribution in [1.29, 1.82) is 0 Å². The van der Waals surface area contributed by atoms with Gasteiger partial charge in [0.15, 0.2) is 0 Å². The normalized spacial score (nSPS) is 20.6. The zero-order chi connectivity index (χ0) is 13.1. The third-order valence-electron chi connectivity index (χ3n) is 3.82. The quantitative estimate of drug-likeness (QED) is 0.905. The number of nitrogens with one attached hydrogen (secondary N) is 1. The van der Waals surface area contributed by atoms with E-state index in [4.69, 9.17) is 0 Å². The van der Waals surface area contributed by atoms with E-state index in [0.717, 1.165) is 26.2 Å². The number of aromatic nitrogens is 2. The lowest BCUT2D eigenvalue weighted by Crippen LogP contribution is -2.45. The molecule has 1 aromatic heterocycles. The van der Waals surface area contributed by atoms with Crippen molar-refractivity contribution in [2.24, 2.45) is 7.05 Å². The molecule has 4 nitrogen and oxygen atoms in total. The molecule has 1 N–H and O–H groups in total. The summed E-state index contributed by atoms with van der Waals surface area (Å²) in [5.74, 6) is 0. The molecule has 3 rings (SSSR count). The Kier molecular flexibility index (Phi) is 3.62. The molecule has 19 heavy (non-hydrogen) atoms. The topological polar surface area (TPSA) is 33.1 Å². The maximum Gasteiger partial charge on any atom is 0.0945 e. The molecule has 2 heterocycles. The number of piperazine rings is 1. The monoisotopic (exact) mass is 256 g/mol. The highest BCUT2D eigenvalue weighted by molar-refractivity contribution is 5.20. The second-order valence-corrected chi connectivity index (χ2v) is 5.10. The van der Waals surface area contributed by atoms with Crippen LogP contribution in [-0.4, -0.2) is 34.1 Å². The largest absolute Gasteiger partial charge is 0.337 e. The van der Waals surface area contributed by atoms with E-state index >= 15 is 0 Å². The Morgan fingerprint density at radius 2 is 2.16 bits per heavy atom. The van der Waals surface area contributed by atoms with E-state index in [1.54, 1.807) is 0 Å². The summed E-state index contributed by atoms with van der Waals surface area (Å²) < 4.78 is 2.10. The van der Waals surface area contributed by atoms with Gasteiger partial charge in [0.1, 0.15) is 0 Å². The lowest BCUT2D eigenvalue weighted by atomic mass is 10.0. The van der Waals surface area contributed by atoms with Gasteiger partial charge in [-0.3, -0.25) is 4.90 Å². The lowest BCUT2D eigenvalue weighted by molar-refractivity contribution is 0.150. The van der Waals surface area contributed by atoms with Crippen LogP contribution in [0, 0.1) is 0 Å². The van der Waals surface area contributed by atoms with E-state index in [0.29, 0.717) is 6.04 Å². The summed E-state index contributed by atoms with van der Waals surface area (Å²) in [5, 5.41) is 3.49. The lowest BCUT2D eigenvalue weighted by Gasteiger charge is -2.36. The summed E-state index contributed by atoms with van der Waals surface area (Å²) >= 11 is 0. The molecule has 1 aliphatic rings. The first kappa shape index (κ1) is 12.4. The molecule has 0 saturated carbocycles. The van der Waals surface area contributed by atoms with Crippen molar-refractivity contribution >= 4 is 0 Å². The van der Waals surface area contributed by atoms with Crippen molar-refractivity contribution < 1.29 is 0 Å². The van der Waals surface area contributed by atoms with Crippen LogP contribution >= 0.6 is 0 Å². The Labute approximate surface area is 114 Å². The van der Waals surface area contributed by atoms with Crippen LogP contribution in [0.15, 0.2) is 42.9 Å². The van der Waals surface area contributed by atoms with Gasteiger partial charge in [-0.2, -0.15) is 0 Å². The number of hydrogen-bond acceptors (Lipinski definition) is 3. The molecule has 0 bridgehead atoms. The number of imidazole rings is 1. The molecular formula is C15H20N4. The highest BCUT2D eigenvalue weighted by Crippen LogP contribution is 2.23. The Hall–Kier alpha value is -1.65. The van der Waals surface area contributed by atoms with Crippen molar-refractivity contribution in [3.05, 3.63) is 54.1 Å². The van der Waals surface area contributed by atoms with Gasteiger partial charge < -0.3 is 9.88 Å². The first-order valence-corrected chi connectivity index (χ1v) is 6.79.